The molecule has 0 atom stereocenters. The molecule has 4 rings (SSSR count). The van der Waals surface area contributed by atoms with Crippen LogP contribution in [0.5, 0.6) is 17.2 Å². The van der Waals surface area contributed by atoms with Crippen molar-refractivity contribution in [3.05, 3.63) is 93.1 Å². The number of halogens is 2. The average molecular weight is 512 g/mol. The molecule has 0 saturated carbocycles. The van der Waals surface area contributed by atoms with Gasteiger partial charge in [-0.2, -0.15) is 0 Å². The van der Waals surface area contributed by atoms with Crippen LogP contribution in [0.2, 0.25) is 10.0 Å². The molecule has 0 radical (unpaired) electrons. The summed E-state index contributed by atoms with van der Waals surface area (Å²) in [5.41, 5.74) is 2.39. The minimum Gasteiger partial charge on any atom is -0.494 e. The van der Waals surface area contributed by atoms with Gasteiger partial charge in [0.05, 0.1) is 13.2 Å². The van der Waals surface area contributed by atoms with Crippen molar-refractivity contribution in [1.29, 1.82) is 0 Å². The summed E-state index contributed by atoms with van der Waals surface area (Å²) in [6.45, 7) is 5.06. The second-order valence-corrected chi connectivity index (χ2v) is 8.30. The van der Waals surface area contributed by atoms with Gasteiger partial charge in [-0.1, -0.05) is 35.3 Å². The summed E-state index contributed by atoms with van der Waals surface area (Å²) in [5.74, 6) is 1.54. The quantitative estimate of drug-likeness (QED) is 0.235. The summed E-state index contributed by atoms with van der Waals surface area (Å²) in [4.78, 5) is 16.8. The van der Waals surface area contributed by atoms with Crippen LogP contribution in [0.4, 0.5) is 0 Å². The molecule has 0 saturated heterocycles. The van der Waals surface area contributed by atoms with Crippen LogP contribution in [0.1, 0.15) is 30.5 Å². The molecule has 35 heavy (non-hydrogen) atoms. The Morgan fingerprint density at radius 2 is 1.66 bits per heavy atom. The van der Waals surface area contributed by atoms with E-state index >= 15 is 0 Å². The topological polar surface area (TPSA) is 66.3 Å². The number of hydrogen-bond donors (Lipinski definition) is 0. The number of aliphatic imine (C=N–C) groups is 1. The van der Waals surface area contributed by atoms with E-state index in [0.717, 1.165) is 11.3 Å². The molecule has 0 spiro atoms. The number of esters is 1. The molecule has 0 bridgehead atoms. The van der Waals surface area contributed by atoms with Gasteiger partial charge in [0.1, 0.15) is 12.4 Å². The Bertz CT molecular complexity index is 1290. The number of nitrogens with zero attached hydrogens (tertiary/aromatic N) is 1. The Labute approximate surface area is 213 Å². The van der Waals surface area contributed by atoms with Crippen LogP contribution in [0.3, 0.4) is 0 Å². The molecule has 3 aromatic carbocycles. The highest BCUT2D eigenvalue weighted by Crippen LogP contribution is 2.32. The average Bonchev–Trinajstić information content (AvgIpc) is 3.20. The minimum absolute atomic E-state index is 0.193. The first-order chi connectivity index (χ1) is 17.0. The molecule has 6 nitrogen and oxygen atoms in total. The van der Waals surface area contributed by atoms with Crippen molar-refractivity contribution in [2.24, 2.45) is 4.99 Å². The van der Waals surface area contributed by atoms with Crippen LogP contribution in [0, 0.1) is 0 Å². The molecule has 0 N–H and O–H groups in total. The molecule has 0 aromatic heterocycles. The van der Waals surface area contributed by atoms with Gasteiger partial charge in [-0.15, -0.1) is 0 Å². The number of rotatable bonds is 9. The van der Waals surface area contributed by atoms with Gasteiger partial charge < -0.3 is 18.9 Å². The Morgan fingerprint density at radius 3 is 2.37 bits per heavy atom. The fraction of sp³-hybridized carbons (Fsp3) is 0.185. The summed E-state index contributed by atoms with van der Waals surface area (Å²) in [6, 6.07) is 17.8. The first kappa shape index (κ1) is 24.6. The number of ether oxygens (including phenoxy) is 4. The van der Waals surface area contributed by atoms with E-state index in [1.165, 1.54) is 0 Å². The predicted molar refractivity (Wildman–Crippen MR) is 137 cm³/mol. The second kappa shape index (κ2) is 11.3. The number of carbonyl (C=O) groups is 1. The molecule has 0 fully saturated rings. The number of benzene rings is 3. The third-order valence-electron chi connectivity index (χ3n) is 5.00. The minimum atomic E-state index is -0.524. The Kier molecular flexibility index (Phi) is 7.95. The number of carbonyl (C=O) groups excluding carboxylic acids is 1. The van der Waals surface area contributed by atoms with Crippen molar-refractivity contribution >= 4 is 41.1 Å². The zero-order valence-corrected chi connectivity index (χ0v) is 20.7. The van der Waals surface area contributed by atoms with Gasteiger partial charge in [0.15, 0.2) is 17.2 Å². The first-order valence-corrected chi connectivity index (χ1v) is 11.8. The summed E-state index contributed by atoms with van der Waals surface area (Å²) in [5, 5.41) is 1.09. The van der Waals surface area contributed by atoms with E-state index in [2.05, 4.69) is 4.99 Å². The summed E-state index contributed by atoms with van der Waals surface area (Å²) >= 11 is 12.2. The molecule has 8 heteroatoms. The van der Waals surface area contributed by atoms with Crippen LogP contribution in [0.15, 0.2) is 71.4 Å². The van der Waals surface area contributed by atoms with Gasteiger partial charge in [0, 0.05) is 21.2 Å². The predicted octanol–water partition coefficient (Wildman–Crippen LogP) is 6.71. The highest BCUT2D eigenvalue weighted by Gasteiger charge is 2.24. The Balaban J connectivity index is 1.53. The van der Waals surface area contributed by atoms with Gasteiger partial charge >= 0.3 is 5.97 Å². The van der Waals surface area contributed by atoms with Gasteiger partial charge in [-0.3, -0.25) is 0 Å². The Hall–Kier alpha value is -3.48. The van der Waals surface area contributed by atoms with E-state index in [1.54, 1.807) is 54.6 Å². The maximum Gasteiger partial charge on any atom is 0.363 e. The van der Waals surface area contributed by atoms with Crippen LogP contribution >= 0.6 is 23.2 Å². The zero-order chi connectivity index (χ0) is 24.8. The SMILES string of the molecule is CCOc1ccc(C2=N/C(=C\c3ccc(OCc4ccc(Cl)cc4Cl)c(OCC)c3)C(=O)O2)cc1. The normalized spacial score (nSPS) is 14.0. The molecule has 1 aliphatic heterocycles. The lowest BCUT2D eigenvalue weighted by molar-refractivity contribution is -0.129. The van der Waals surface area contributed by atoms with E-state index in [9.17, 15) is 4.79 Å². The zero-order valence-electron chi connectivity index (χ0n) is 19.2. The van der Waals surface area contributed by atoms with Crippen molar-refractivity contribution in [3.63, 3.8) is 0 Å². The number of cyclic esters (lactones) is 1. The van der Waals surface area contributed by atoms with Gasteiger partial charge in [-0.25, -0.2) is 9.79 Å². The van der Waals surface area contributed by atoms with E-state index in [-0.39, 0.29) is 18.2 Å². The molecule has 0 amide bonds. The van der Waals surface area contributed by atoms with Crippen LogP contribution < -0.4 is 14.2 Å². The molecular formula is C27H23Cl2NO5. The van der Waals surface area contributed by atoms with Crippen molar-refractivity contribution in [3.8, 4) is 17.2 Å². The molecule has 1 aliphatic rings. The van der Waals surface area contributed by atoms with E-state index < -0.39 is 5.97 Å². The Morgan fingerprint density at radius 1 is 0.886 bits per heavy atom. The third kappa shape index (κ3) is 6.15. The maximum absolute atomic E-state index is 12.4. The highest BCUT2D eigenvalue weighted by molar-refractivity contribution is 6.35. The summed E-state index contributed by atoms with van der Waals surface area (Å²) < 4.78 is 22.5. The summed E-state index contributed by atoms with van der Waals surface area (Å²) in [7, 11) is 0. The fourth-order valence-electron chi connectivity index (χ4n) is 3.35. The van der Waals surface area contributed by atoms with Crippen molar-refractivity contribution < 1.29 is 23.7 Å². The van der Waals surface area contributed by atoms with Crippen molar-refractivity contribution in [1.82, 2.24) is 0 Å². The monoisotopic (exact) mass is 511 g/mol. The molecule has 0 aliphatic carbocycles. The van der Waals surface area contributed by atoms with Crippen LogP contribution in [-0.2, 0) is 16.1 Å². The van der Waals surface area contributed by atoms with Gasteiger partial charge in [-0.05, 0) is 74.0 Å². The molecule has 0 unspecified atom stereocenters. The highest BCUT2D eigenvalue weighted by atomic mass is 35.5. The lowest BCUT2D eigenvalue weighted by Crippen LogP contribution is -2.05. The van der Waals surface area contributed by atoms with Gasteiger partial charge in [0.2, 0.25) is 5.90 Å². The molecule has 1 heterocycles. The van der Waals surface area contributed by atoms with E-state index in [4.69, 9.17) is 42.1 Å². The second-order valence-electron chi connectivity index (χ2n) is 7.46. The van der Waals surface area contributed by atoms with Crippen molar-refractivity contribution in [2.45, 2.75) is 20.5 Å². The number of hydrogen-bond acceptors (Lipinski definition) is 6. The molecule has 180 valence electrons. The van der Waals surface area contributed by atoms with E-state index in [1.807, 2.05) is 26.0 Å². The van der Waals surface area contributed by atoms with Crippen LogP contribution in [0.25, 0.3) is 6.08 Å². The summed E-state index contributed by atoms with van der Waals surface area (Å²) in [6.07, 6.45) is 1.65. The van der Waals surface area contributed by atoms with Gasteiger partial charge in [0.25, 0.3) is 0 Å². The lowest BCUT2D eigenvalue weighted by atomic mass is 10.1. The molecule has 3 aromatic rings. The fourth-order valence-corrected chi connectivity index (χ4v) is 3.81. The maximum atomic E-state index is 12.4. The van der Waals surface area contributed by atoms with E-state index in [0.29, 0.717) is 45.9 Å². The standard InChI is InChI=1S/C27H23Cl2NO5/c1-3-32-21-10-7-18(8-11-21)26-30-23(27(31)35-26)13-17-5-12-24(25(14-17)33-4-2)34-16-19-6-9-20(28)15-22(19)29/h5-15H,3-4,16H2,1-2H3/b23-13-. The van der Waals surface area contributed by atoms with Crippen molar-refractivity contribution in [2.75, 3.05) is 13.2 Å². The molecular weight excluding hydrogens is 489 g/mol. The smallest absolute Gasteiger partial charge is 0.363 e. The largest absolute Gasteiger partial charge is 0.494 e. The lowest BCUT2D eigenvalue weighted by Gasteiger charge is -2.13. The first-order valence-electron chi connectivity index (χ1n) is 11.1. The third-order valence-corrected chi connectivity index (χ3v) is 5.59. The van der Waals surface area contributed by atoms with Crippen LogP contribution in [-0.4, -0.2) is 25.1 Å².